The summed E-state index contributed by atoms with van der Waals surface area (Å²) in [6, 6.07) is 5.85. The minimum atomic E-state index is -0.352. The lowest BCUT2D eigenvalue weighted by molar-refractivity contribution is 0.0834. The molecule has 0 saturated heterocycles. The Bertz CT molecular complexity index is 623. The van der Waals surface area contributed by atoms with Gasteiger partial charge in [0, 0.05) is 24.2 Å². The quantitative estimate of drug-likeness (QED) is 0.782. The van der Waals surface area contributed by atoms with Crippen LogP contribution in [0.1, 0.15) is 37.6 Å². The van der Waals surface area contributed by atoms with Crippen molar-refractivity contribution >= 4 is 16.7 Å². The second-order valence-corrected chi connectivity index (χ2v) is 5.57. The Morgan fingerprint density at radius 1 is 1.37 bits per heavy atom. The number of carbonyl (C=O) groups is 1. The van der Waals surface area contributed by atoms with Crippen molar-refractivity contribution in [3.63, 3.8) is 0 Å². The van der Waals surface area contributed by atoms with Crippen LogP contribution in [0, 0.1) is 5.41 Å². The third-order valence-electron chi connectivity index (χ3n) is 3.94. The van der Waals surface area contributed by atoms with Gasteiger partial charge < -0.3 is 9.30 Å². The third-order valence-corrected chi connectivity index (χ3v) is 3.94. The van der Waals surface area contributed by atoms with Crippen molar-refractivity contribution in [1.82, 2.24) is 4.57 Å². The lowest BCUT2D eigenvalue weighted by Gasteiger charge is -2.20. The Balaban J connectivity index is 2.71. The lowest BCUT2D eigenvalue weighted by Crippen LogP contribution is -2.23. The first kappa shape index (κ1) is 13.7. The van der Waals surface area contributed by atoms with Crippen LogP contribution in [0.15, 0.2) is 24.4 Å². The number of rotatable bonds is 4. The van der Waals surface area contributed by atoms with Crippen molar-refractivity contribution in [3.05, 3.63) is 30.0 Å². The summed E-state index contributed by atoms with van der Waals surface area (Å²) in [5, 5.41) is 0.916. The molecule has 0 atom stereocenters. The summed E-state index contributed by atoms with van der Waals surface area (Å²) < 4.78 is 7.40. The van der Waals surface area contributed by atoms with Crippen molar-refractivity contribution in [1.29, 1.82) is 0 Å². The van der Waals surface area contributed by atoms with Gasteiger partial charge in [0.05, 0.1) is 18.0 Å². The molecule has 3 nitrogen and oxygen atoms in total. The van der Waals surface area contributed by atoms with Crippen molar-refractivity contribution in [2.24, 2.45) is 12.5 Å². The summed E-state index contributed by atoms with van der Waals surface area (Å²) in [6.07, 6.45) is 2.73. The maximum atomic E-state index is 12.7. The molecule has 3 heteroatoms. The fourth-order valence-electron chi connectivity index (χ4n) is 2.28. The number of aryl methyl sites for hydroxylation is 1. The molecule has 2 rings (SSSR count). The fourth-order valence-corrected chi connectivity index (χ4v) is 2.28. The molecule has 0 fully saturated rings. The molecular formula is C16H21NO2. The number of fused-ring (bicyclic) bond motifs is 1. The van der Waals surface area contributed by atoms with E-state index in [0.717, 1.165) is 28.6 Å². The Labute approximate surface area is 114 Å². The molecule has 1 heterocycles. The maximum Gasteiger partial charge on any atom is 0.170 e. The molecule has 0 spiro atoms. The van der Waals surface area contributed by atoms with Gasteiger partial charge in [-0.15, -0.1) is 0 Å². The summed E-state index contributed by atoms with van der Waals surface area (Å²) in [5.41, 5.74) is 1.42. The first-order chi connectivity index (χ1) is 8.92. The molecule has 0 aliphatic rings. The van der Waals surface area contributed by atoms with E-state index in [-0.39, 0.29) is 11.2 Å². The molecule has 1 aromatic carbocycles. The third kappa shape index (κ3) is 2.14. The predicted molar refractivity (Wildman–Crippen MR) is 77.9 cm³/mol. The summed E-state index contributed by atoms with van der Waals surface area (Å²) in [6.45, 7) is 6.02. The standard InChI is InChI=1S/C16H21NO2/c1-6-16(2,3)15(18)11-10-17(4)12-8-7-9-13(19-5)14(11)12/h7-10H,6H2,1-5H3. The highest BCUT2D eigenvalue weighted by Gasteiger charge is 2.29. The zero-order valence-corrected chi connectivity index (χ0v) is 12.3. The minimum Gasteiger partial charge on any atom is -0.496 e. The first-order valence-corrected chi connectivity index (χ1v) is 6.59. The van der Waals surface area contributed by atoms with Crippen LogP contribution in [-0.2, 0) is 7.05 Å². The highest BCUT2D eigenvalue weighted by atomic mass is 16.5. The van der Waals surface area contributed by atoms with Gasteiger partial charge in [-0.3, -0.25) is 4.79 Å². The van der Waals surface area contributed by atoms with E-state index in [1.807, 2.05) is 56.8 Å². The zero-order valence-electron chi connectivity index (χ0n) is 12.3. The predicted octanol–water partition coefficient (Wildman–Crippen LogP) is 3.81. The van der Waals surface area contributed by atoms with Crippen LogP contribution in [0.5, 0.6) is 5.75 Å². The average Bonchev–Trinajstić information content (AvgIpc) is 2.75. The van der Waals surface area contributed by atoms with Gasteiger partial charge in [0.15, 0.2) is 5.78 Å². The van der Waals surface area contributed by atoms with Crippen molar-refractivity contribution in [2.45, 2.75) is 27.2 Å². The van der Waals surface area contributed by atoms with Gasteiger partial charge in [-0.05, 0) is 18.6 Å². The molecule has 1 aromatic heterocycles. The van der Waals surface area contributed by atoms with Crippen molar-refractivity contribution in [2.75, 3.05) is 7.11 Å². The Kier molecular flexibility index (Phi) is 3.40. The van der Waals surface area contributed by atoms with E-state index in [9.17, 15) is 4.79 Å². The summed E-state index contributed by atoms with van der Waals surface area (Å²) in [4.78, 5) is 12.7. The molecule has 0 bridgehead atoms. The van der Waals surface area contributed by atoms with Gasteiger partial charge in [0.1, 0.15) is 5.75 Å². The van der Waals surface area contributed by atoms with Crippen LogP contribution in [0.3, 0.4) is 0 Å². The SMILES string of the molecule is CCC(C)(C)C(=O)c1cn(C)c2cccc(OC)c12. The Morgan fingerprint density at radius 3 is 2.63 bits per heavy atom. The highest BCUT2D eigenvalue weighted by Crippen LogP contribution is 2.35. The molecule has 0 amide bonds. The van der Waals surface area contributed by atoms with E-state index in [4.69, 9.17) is 4.74 Å². The van der Waals surface area contributed by atoms with Crippen LogP contribution in [0.25, 0.3) is 10.9 Å². The lowest BCUT2D eigenvalue weighted by atomic mass is 9.82. The number of methoxy groups -OCH3 is 1. The largest absolute Gasteiger partial charge is 0.496 e. The summed E-state index contributed by atoms with van der Waals surface area (Å²) >= 11 is 0. The first-order valence-electron chi connectivity index (χ1n) is 6.59. The topological polar surface area (TPSA) is 31.2 Å². The van der Waals surface area contributed by atoms with E-state index in [1.54, 1.807) is 7.11 Å². The molecule has 0 saturated carbocycles. The van der Waals surface area contributed by atoms with Crippen LogP contribution in [0.4, 0.5) is 0 Å². The number of benzene rings is 1. The molecule has 0 radical (unpaired) electrons. The van der Waals surface area contributed by atoms with Gasteiger partial charge >= 0.3 is 0 Å². The maximum absolute atomic E-state index is 12.7. The minimum absolute atomic E-state index is 0.171. The second-order valence-electron chi connectivity index (χ2n) is 5.57. The molecule has 0 aliphatic carbocycles. The molecular weight excluding hydrogens is 238 g/mol. The molecule has 102 valence electrons. The number of hydrogen-bond acceptors (Lipinski definition) is 2. The second kappa shape index (κ2) is 4.72. The summed E-state index contributed by atoms with van der Waals surface area (Å²) in [7, 11) is 3.60. The number of Topliss-reactive ketones (excluding diaryl/α,β-unsaturated/α-hetero) is 1. The van der Waals surface area contributed by atoms with E-state index in [2.05, 4.69) is 0 Å². The van der Waals surface area contributed by atoms with E-state index >= 15 is 0 Å². The number of ether oxygens (including phenoxy) is 1. The van der Waals surface area contributed by atoms with Gasteiger partial charge in [0.25, 0.3) is 0 Å². The van der Waals surface area contributed by atoms with Crippen LogP contribution in [-0.4, -0.2) is 17.5 Å². The van der Waals surface area contributed by atoms with Crippen molar-refractivity contribution in [3.8, 4) is 5.75 Å². The molecule has 2 aromatic rings. The highest BCUT2D eigenvalue weighted by molar-refractivity contribution is 6.12. The number of carbonyl (C=O) groups excluding carboxylic acids is 1. The fraction of sp³-hybridized carbons (Fsp3) is 0.438. The van der Waals surface area contributed by atoms with Gasteiger partial charge in [-0.2, -0.15) is 0 Å². The normalized spacial score (nSPS) is 11.8. The Morgan fingerprint density at radius 2 is 2.05 bits per heavy atom. The van der Waals surface area contributed by atoms with Gasteiger partial charge in [-0.1, -0.05) is 26.8 Å². The van der Waals surface area contributed by atoms with E-state index in [0.29, 0.717) is 0 Å². The molecule has 0 aliphatic heterocycles. The van der Waals surface area contributed by atoms with Gasteiger partial charge in [-0.25, -0.2) is 0 Å². The molecule has 0 N–H and O–H groups in total. The Hall–Kier alpha value is -1.77. The van der Waals surface area contributed by atoms with Gasteiger partial charge in [0.2, 0.25) is 0 Å². The number of nitrogens with zero attached hydrogens (tertiary/aromatic N) is 1. The molecule has 19 heavy (non-hydrogen) atoms. The van der Waals surface area contributed by atoms with Crippen LogP contribution < -0.4 is 4.74 Å². The number of hydrogen-bond donors (Lipinski definition) is 0. The van der Waals surface area contributed by atoms with Crippen LogP contribution >= 0.6 is 0 Å². The van der Waals surface area contributed by atoms with Crippen molar-refractivity contribution < 1.29 is 9.53 Å². The van der Waals surface area contributed by atoms with E-state index in [1.165, 1.54) is 0 Å². The smallest absolute Gasteiger partial charge is 0.170 e. The summed E-state index contributed by atoms with van der Waals surface area (Å²) in [5.74, 6) is 0.929. The molecule has 0 unspecified atom stereocenters. The monoisotopic (exact) mass is 259 g/mol. The van der Waals surface area contributed by atoms with Crippen LogP contribution in [0.2, 0.25) is 0 Å². The number of ketones is 1. The number of aromatic nitrogens is 1. The van der Waals surface area contributed by atoms with E-state index < -0.39 is 0 Å². The zero-order chi connectivity index (χ0) is 14.2. The average molecular weight is 259 g/mol.